The van der Waals surface area contributed by atoms with Crippen LogP contribution in [0.4, 0.5) is 5.13 Å². The molecule has 1 aliphatic rings. The van der Waals surface area contributed by atoms with E-state index in [1.54, 1.807) is 0 Å². The lowest BCUT2D eigenvalue weighted by molar-refractivity contribution is 0.558. The van der Waals surface area contributed by atoms with Crippen LogP contribution >= 0.6 is 27.3 Å². The van der Waals surface area contributed by atoms with Gasteiger partial charge in [0.05, 0.1) is 5.69 Å². The summed E-state index contributed by atoms with van der Waals surface area (Å²) in [7, 11) is 0. The minimum atomic E-state index is 0.620. The molecule has 2 heterocycles. The number of rotatable bonds is 2. The van der Waals surface area contributed by atoms with E-state index in [4.69, 9.17) is 0 Å². The highest BCUT2D eigenvalue weighted by atomic mass is 79.9. The third-order valence-corrected chi connectivity index (χ3v) is 5.32. The van der Waals surface area contributed by atoms with Gasteiger partial charge in [0.1, 0.15) is 0 Å². The molecular formula is C11H17BrN2S. The molecule has 1 aromatic rings. The normalized spacial score (nSPS) is 26.3. The van der Waals surface area contributed by atoms with Crippen LogP contribution in [0.15, 0.2) is 0 Å². The molecule has 0 aromatic carbocycles. The summed E-state index contributed by atoms with van der Waals surface area (Å²) in [4.78, 5) is 8.44. The van der Waals surface area contributed by atoms with E-state index >= 15 is 0 Å². The molecule has 0 radical (unpaired) electrons. The third kappa shape index (κ3) is 2.07. The molecule has 1 aliphatic heterocycles. The molecule has 0 aliphatic carbocycles. The van der Waals surface area contributed by atoms with Crippen molar-refractivity contribution in [2.75, 3.05) is 16.8 Å². The molecule has 1 fully saturated rings. The monoisotopic (exact) mass is 288 g/mol. The van der Waals surface area contributed by atoms with E-state index < -0.39 is 0 Å². The van der Waals surface area contributed by atoms with Crippen molar-refractivity contribution < 1.29 is 0 Å². The number of nitrogens with zero attached hydrogens (tertiary/aromatic N) is 2. The highest BCUT2D eigenvalue weighted by Crippen LogP contribution is 2.34. The second kappa shape index (κ2) is 4.42. The fourth-order valence-corrected chi connectivity index (χ4v) is 3.95. The average Bonchev–Trinajstić information content (AvgIpc) is 2.71. The quantitative estimate of drug-likeness (QED) is 0.776. The standard InChI is InChI=1S/C11H17BrN2S/c1-7-9(3)15-11(13-7)14-5-4-10(6-12)8(14)2/h8,10H,4-6H2,1-3H3. The molecule has 2 atom stereocenters. The summed E-state index contributed by atoms with van der Waals surface area (Å²) in [5.41, 5.74) is 1.18. The lowest BCUT2D eigenvalue weighted by atomic mass is 10.1. The van der Waals surface area contributed by atoms with Gasteiger partial charge in [0, 0.05) is 22.8 Å². The van der Waals surface area contributed by atoms with Crippen molar-refractivity contribution in [1.82, 2.24) is 4.98 Å². The maximum absolute atomic E-state index is 4.64. The first-order valence-corrected chi connectivity index (χ1v) is 7.34. The maximum Gasteiger partial charge on any atom is 0.186 e. The predicted molar refractivity (Wildman–Crippen MR) is 70.3 cm³/mol. The van der Waals surface area contributed by atoms with Gasteiger partial charge in [-0.2, -0.15) is 0 Å². The molecule has 0 amide bonds. The van der Waals surface area contributed by atoms with E-state index in [1.807, 2.05) is 11.3 Å². The Bertz CT molecular complexity index is 331. The van der Waals surface area contributed by atoms with Gasteiger partial charge in [-0.15, -0.1) is 11.3 Å². The van der Waals surface area contributed by atoms with E-state index in [2.05, 4.69) is 46.6 Å². The van der Waals surface area contributed by atoms with Crippen LogP contribution in [-0.4, -0.2) is 22.9 Å². The van der Waals surface area contributed by atoms with Gasteiger partial charge < -0.3 is 4.90 Å². The molecular weight excluding hydrogens is 272 g/mol. The Labute approximate surface area is 104 Å². The van der Waals surface area contributed by atoms with Gasteiger partial charge in [0.15, 0.2) is 5.13 Å². The third-order valence-electron chi connectivity index (χ3n) is 3.38. The zero-order valence-electron chi connectivity index (χ0n) is 9.46. The minimum Gasteiger partial charge on any atom is -0.345 e. The Kier molecular flexibility index (Phi) is 3.36. The molecule has 84 valence electrons. The molecule has 1 aromatic heterocycles. The fourth-order valence-electron chi connectivity index (χ4n) is 2.06. The van der Waals surface area contributed by atoms with Crippen molar-refractivity contribution in [3.05, 3.63) is 10.6 Å². The van der Waals surface area contributed by atoms with Gasteiger partial charge in [0.25, 0.3) is 0 Å². The molecule has 0 spiro atoms. The number of thiazole rings is 1. The van der Waals surface area contributed by atoms with Crippen LogP contribution in [0.3, 0.4) is 0 Å². The largest absolute Gasteiger partial charge is 0.345 e. The zero-order chi connectivity index (χ0) is 11.0. The van der Waals surface area contributed by atoms with Crippen molar-refractivity contribution in [2.24, 2.45) is 5.92 Å². The Hall–Kier alpha value is -0.0900. The first kappa shape index (κ1) is 11.4. The molecule has 2 rings (SSSR count). The average molecular weight is 289 g/mol. The Balaban J connectivity index is 2.18. The molecule has 2 unspecified atom stereocenters. The molecule has 0 saturated carbocycles. The van der Waals surface area contributed by atoms with Crippen molar-refractivity contribution in [2.45, 2.75) is 33.2 Å². The van der Waals surface area contributed by atoms with Crippen LogP contribution in [0.25, 0.3) is 0 Å². The van der Waals surface area contributed by atoms with Gasteiger partial charge in [-0.05, 0) is 33.1 Å². The first-order chi connectivity index (χ1) is 7.13. The summed E-state index contributed by atoms with van der Waals surface area (Å²) < 4.78 is 0. The summed E-state index contributed by atoms with van der Waals surface area (Å²) in [6, 6.07) is 0.620. The van der Waals surface area contributed by atoms with Crippen LogP contribution in [0.2, 0.25) is 0 Å². The van der Waals surface area contributed by atoms with Crippen molar-refractivity contribution in [3.63, 3.8) is 0 Å². The van der Waals surface area contributed by atoms with Gasteiger partial charge in [-0.25, -0.2) is 4.98 Å². The van der Waals surface area contributed by atoms with E-state index in [9.17, 15) is 0 Å². The first-order valence-electron chi connectivity index (χ1n) is 5.40. The topological polar surface area (TPSA) is 16.1 Å². The number of halogens is 1. The van der Waals surface area contributed by atoms with E-state index in [1.165, 1.54) is 22.1 Å². The summed E-state index contributed by atoms with van der Waals surface area (Å²) in [6.45, 7) is 7.71. The van der Waals surface area contributed by atoms with Crippen LogP contribution in [0.1, 0.15) is 23.9 Å². The van der Waals surface area contributed by atoms with Crippen molar-refractivity contribution >= 4 is 32.4 Å². The van der Waals surface area contributed by atoms with E-state index in [-0.39, 0.29) is 0 Å². The van der Waals surface area contributed by atoms with Crippen LogP contribution < -0.4 is 4.90 Å². The number of anilines is 1. The van der Waals surface area contributed by atoms with E-state index in [0.717, 1.165) is 17.8 Å². The molecule has 15 heavy (non-hydrogen) atoms. The molecule has 0 bridgehead atoms. The number of hydrogen-bond acceptors (Lipinski definition) is 3. The maximum atomic E-state index is 4.64. The molecule has 1 saturated heterocycles. The Morgan fingerprint density at radius 3 is 2.73 bits per heavy atom. The lowest BCUT2D eigenvalue weighted by Gasteiger charge is -2.23. The predicted octanol–water partition coefficient (Wildman–Crippen LogP) is 3.37. The number of aryl methyl sites for hydroxylation is 2. The van der Waals surface area contributed by atoms with Gasteiger partial charge in [-0.1, -0.05) is 15.9 Å². The van der Waals surface area contributed by atoms with Crippen molar-refractivity contribution in [3.8, 4) is 0 Å². The van der Waals surface area contributed by atoms with Gasteiger partial charge in [0.2, 0.25) is 0 Å². The SMILES string of the molecule is Cc1nc(N2CCC(CBr)C2C)sc1C. The Morgan fingerprint density at radius 2 is 2.27 bits per heavy atom. The summed E-state index contributed by atoms with van der Waals surface area (Å²) >= 11 is 5.42. The van der Waals surface area contributed by atoms with Crippen molar-refractivity contribution in [1.29, 1.82) is 0 Å². The molecule has 4 heteroatoms. The number of hydrogen-bond donors (Lipinski definition) is 0. The highest BCUT2D eigenvalue weighted by molar-refractivity contribution is 9.09. The summed E-state index contributed by atoms with van der Waals surface area (Å²) in [5.74, 6) is 0.773. The molecule has 2 nitrogen and oxygen atoms in total. The summed E-state index contributed by atoms with van der Waals surface area (Å²) in [6.07, 6.45) is 1.28. The van der Waals surface area contributed by atoms with E-state index in [0.29, 0.717) is 6.04 Å². The summed E-state index contributed by atoms with van der Waals surface area (Å²) in [5, 5.41) is 2.31. The number of alkyl halides is 1. The van der Waals surface area contributed by atoms with Crippen LogP contribution in [0.5, 0.6) is 0 Å². The second-order valence-corrected chi connectivity index (χ2v) is 6.10. The number of aromatic nitrogens is 1. The van der Waals surface area contributed by atoms with Gasteiger partial charge >= 0.3 is 0 Å². The highest BCUT2D eigenvalue weighted by Gasteiger charge is 2.31. The second-order valence-electron chi connectivity index (χ2n) is 4.28. The smallest absolute Gasteiger partial charge is 0.186 e. The minimum absolute atomic E-state index is 0.620. The fraction of sp³-hybridized carbons (Fsp3) is 0.727. The zero-order valence-corrected chi connectivity index (χ0v) is 11.9. The lowest BCUT2D eigenvalue weighted by Crippen LogP contribution is -2.30. The Morgan fingerprint density at radius 1 is 1.53 bits per heavy atom. The van der Waals surface area contributed by atoms with Crippen LogP contribution in [-0.2, 0) is 0 Å². The van der Waals surface area contributed by atoms with Crippen LogP contribution in [0, 0.1) is 19.8 Å². The molecule has 0 N–H and O–H groups in total. The van der Waals surface area contributed by atoms with Gasteiger partial charge in [-0.3, -0.25) is 0 Å².